The molecule has 4 rings (SSSR count). The second kappa shape index (κ2) is 12.3. The van der Waals surface area contributed by atoms with E-state index in [9.17, 15) is 13.2 Å². The van der Waals surface area contributed by atoms with Gasteiger partial charge in [0.1, 0.15) is 0 Å². The summed E-state index contributed by atoms with van der Waals surface area (Å²) < 4.78 is 29.2. The molecule has 1 fully saturated rings. The highest BCUT2D eigenvalue weighted by atomic mass is 79.9. The molecule has 2 amide bonds. The van der Waals surface area contributed by atoms with Crippen LogP contribution < -0.4 is 10.6 Å². The van der Waals surface area contributed by atoms with Crippen molar-refractivity contribution in [3.05, 3.63) is 64.8 Å². The highest BCUT2D eigenvalue weighted by Crippen LogP contribution is 2.26. The summed E-state index contributed by atoms with van der Waals surface area (Å²) in [5.74, 6) is 0. The number of anilines is 1. The molecule has 10 heteroatoms. The van der Waals surface area contributed by atoms with Crippen LogP contribution in [0.1, 0.15) is 31.9 Å². The lowest BCUT2D eigenvalue weighted by Crippen LogP contribution is -2.48. The number of aryl methyl sites for hydroxylation is 1. The number of halogens is 1. The monoisotopic (exact) mass is 587 g/mol. The molecule has 2 heterocycles. The summed E-state index contributed by atoms with van der Waals surface area (Å²) in [6, 6.07) is 16.2. The van der Waals surface area contributed by atoms with Crippen molar-refractivity contribution in [3.8, 4) is 0 Å². The van der Waals surface area contributed by atoms with Gasteiger partial charge in [-0.05, 0) is 75.7 Å². The zero-order valence-electron chi connectivity index (χ0n) is 21.3. The maximum absolute atomic E-state index is 13.4. The Balaban J connectivity index is 1.28. The Morgan fingerprint density at radius 1 is 1.14 bits per heavy atom. The van der Waals surface area contributed by atoms with Gasteiger partial charge in [-0.2, -0.15) is 4.31 Å². The molecule has 1 aliphatic rings. The highest BCUT2D eigenvalue weighted by Gasteiger charge is 2.33. The van der Waals surface area contributed by atoms with Gasteiger partial charge in [0.2, 0.25) is 10.0 Å². The quantitative estimate of drug-likeness (QED) is 0.367. The number of likely N-dealkylation sites (tertiary alicyclic amines) is 1. The van der Waals surface area contributed by atoms with Crippen molar-refractivity contribution in [2.24, 2.45) is 0 Å². The largest absolute Gasteiger partial charge is 0.337 e. The number of pyridine rings is 1. The number of benzene rings is 2. The topological polar surface area (TPSA) is 94.6 Å². The van der Waals surface area contributed by atoms with E-state index in [1.54, 1.807) is 28.6 Å². The zero-order chi connectivity index (χ0) is 26.4. The third-order valence-corrected chi connectivity index (χ3v) is 9.13. The number of nitrogens with zero attached hydrogens (tertiary/aromatic N) is 3. The van der Waals surface area contributed by atoms with Crippen molar-refractivity contribution in [3.63, 3.8) is 0 Å². The minimum absolute atomic E-state index is 0.0238. The molecule has 2 aromatic carbocycles. The molecular formula is C27H34BrN5O3S. The number of aromatic nitrogens is 1. The Morgan fingerprint density at radius 2 is 1.84 bits per heavy atom. The van der Waals surface area contributed by atoms with E-state index in [2.05, 4.69) is 36.4 Å². The van der Waals surface area contributed by atoms with Crippen LogP contribution in [0.2, 0.25) is 0 Å². The van der Waals surface area contributed by atoms with E-state index >= 15 is 0 Å². The summed E-state index contributed by atoms with van der Waals surface area (Å²) in [4.78, 5) is 19.7. The second-order valence-electron chi connectivity index (χ2n) is 9.35. The maximum atomic E-state index is 13.4. The van der Waals surface area contributed by atoms with Crippen LogP contribution in [0.5, 0.6) is 0 Å². The molecule has 8 nitrogen and oxygen atoms in total. The number of nitrogens with one attached hydrogen (secondary N) is 2. The molecule has 0 unspecified atom stereocenters. The number of fused-ring (bicyclic) bond motifs is 1. The molecule has 0 aliphatic carbocycles. The molecule has 37 heavy (non-hydrogen) atoms. The lowest BCUT2D eigenvalue weighted by Gasteiger charge is -2.37. The molecule has 198 valence electrons. The van der Waals surface area contributed by atoms with E-state index in [1.165, 1.54) is 0 Å². The fourth-order valence-electron chi connectivity index (χ4n) is 4.80. The van der Waals surface area contributed by atoms with Crippen LogP contribution in [0, 0.1) is 6.92 Å². The van der Waals surface area contributed by atoms with Crippen molar-refractivity contribution in [2.75, 3.05) is 38.0 Å². The standard InChI is InChI=1S/C27H34BrN5O3S/c1-3-15-33(37(35,36)23-10-8-21(28)9-11-23)22-12-16-32(17-13-22)18-14-29-27(34)31-26-19-20(2)30-25-7-5-4-6-24(25)26/h4-11,19,22H,3,12-18H2,1-2H3,(H2,29,30,31,34). The van der Waals surface area contributed by atoms with Crippen LogP contribution in [0.25, 0.3) is 10.9 Å². The van der Waals surface area contributed by atoms with E-state index in [0.717, 1.165) is 59.1 Å². The minimum Gasteiger partial charge on any atom is -0.337 e. The number of amides is 2. The summed E-state index contributed by atoms with van der Waals surface area (Å²) in [5.41, 5.74) is 2.43. The average Bonchev–Trinajstić information content (AvgIpc) is 2.88. The van der Waals surface area contributed by atoms with Gasteiger partial charge in [-0.15, -0.1) is 0 Å². The third-order valence-electron chi connectivity index (χ3n) is 6.63. The number of hydrogen-bond acceptors (Lipinski definition) is 5. The Bertz CT molecular complexity index is 1330. The first kappa shape index (κ1) is 27.5. The van der Waals surface area contributed by atoms with Gasteiger partial charge in [0.15, 0.2) is 0 Å². The van der Waals surface area contributed by atoms with E-state index in [-0.39, 0.29) is 12.1 Å². The van der Waals surface area contributed by atoms with Crippen molar-refractivity contribution in [1.82, 2.24) is 19.5 Å². The summed E-state index contributed by atoms with van der Waals surface area (Å²) in [5, 5.41) is 6.80. The predicted octanol–water partition coefficient (Wildman–Crippen LogP) is 4.99. The van der Waals surface area contributed by atoms with Gasteiger partial charge in [0.25, 0.3) is 0 Å². The fraction of sp³-hybridized carbons (Fsp3) is 0.407. The molecule has 0 radical (unpaired) electrons. The number of hydrogen-bond donors (Lipinski definition) is 2. The van der Waals surface area contributed by atoms with Crippen molar-refractivity contribution < 1.29 is 13.2 Å². The van der Waals surface area contributed by atoms with E-state index in [0.29, 0.717) is 24.5 Å². The first-order chi connectivity index (χ1) is 17.8. The van der Waals surface area contributed by atoms with Crippen molar-refractivity contribution in [1.29, 1.82) is 0 Å². The number of urea groups is 1. The van der Waals surface area contributed by atoms with Crippen LogP contribution in [0.15, 0.2) is 64.0 Å². The summed E-state index contributed by atoms with van der Waals surface area (Å²) in [6.07, 6.45) is 2.30. The molecule has 0 bridgehead atoms. The normalized spacial score (nSPS) is 15.2. The first-order valence-electron chi connectivity index (χ1n) is 12.7. The molecule has 3 aromatic rings. The lowest BCUT2D eigenvalue weighted by molar-refractivity contribution is 0.159. The molecule has 2 N–H and O–H groups in total. The number of sulfonamides is 1. The Morgan fingerprint density at radius 3 is 2.54 bits per heavy atom. The van der Waals surface area contributed by atoms with Crippen LogP contribution in [-0.2, 0) is 10.0 Å². The number of carbonyl (C=O) groups excluding carboxylic acids is 1. The number of rotatable bonds is 9. The Labute approximate surface area is 227 Å². The molecule has 1 aromatic heterocycles. The Hall–Kier alpha value is -2.53. The highest BCUT2D eigenvalue weighted by molar-refractivity contribution is 9.10. The predicted molar refractivity (Wildman–Crippen MR) is 151 cm³/mol. The number of carbonyl (C=O) groups is 1. The van der Waals surface area contributed by atoms with Gasteiger partial charge >= 0.3 is 6.03 Å². The fourth-order valence-corrected chi connectivity index (χ4v) is 6.84. The van der Waals surface area contributed by atoms with E-state index in [1.807, 2.05) is 44.2 Å². The van der Waals surface area contributed by atoms with Gasteiger partial charge in [-0.3, -0.25) is 4.98 Å². The molecule has 0 spiro atoms. The van der Waals surface area contributed by atoms with Gasteiger partial charge < -0.3 is 15.5 Å². The Kier molecular flexibility index (Phi) is 9.17. The van der Waals surface area contributed by atoms with Crippen LogP contribution >= 0.6 is 15.9 Å². The maximum Gasteiger partial charge on any atom is 0.319 e. The van der Waals surface area contributed by atoms with Gasteiger partial charge in [0.05, 0.1) is 16.1 Å². The molecule has 1 saturated heterocycles. The lowest BCUT2D eigenvalue weighted by atomic mass is 10.0. The second-order valence-corrected chi connectivity index (χ2v) is 12.2. The zero-order valence-corrected chi connectivity index (χ0v) is 23.7. The third kappa shape index (κ3) is 6.87. The van der Waals surface area contributed by atoms with Crippen molar-refractivity contribution in [2.45, 2.75) is 44.0 Å². The average molecular weight is 589 g/mol. The van der Waals surface area contributed by atoms with E-state index in [4.69, 9.17) is 0 Å². The van der Waals surface area contributed by atoms with Gasteiger partial charge in [0, 0.05) is 41.2 Å². The van der Waals surface area contributed by atoms with Crippen LogP contribution in [0.3, 0.4) is 0 Å². The van der Waals surface area contributed by atoms with Crippen LogP contribution in [-0.4, -0.2) is 67.4 Å². The number of para-hydroxylation sites is 1. The summed E-state index contributed by atoms with van der Waals surface area (Å²) >= 11 is 3.37. The van der Waals surface area contributed by atoms with Crippen molar-refractivity contribution >= 4 is 48.6 Å². The molecule has 0 saturated carbocycles. The summed E-state index contributed by atoms with van der Waals surface area (Å²) in [7, 11) is -3.55. The van der Waals surface area contributed by atoms with E-state index < -0.39 is 10.0 Å². The van der Waals surface area contributed by atoms with Gasteiger partial charge in [-0.1, -0.05) is 41.1 Å². The molecular weight excluding hydrogens is 554 g/mol. The summed E-state index contributed by atoms with van der Waals surface area (Å²) in [6.45, 7) is 7.22. The SMILES string of the molecule is CCCN(C1CCN(CCNC(=O)Nc2cc(C)nc3ccccc23)CC1)S(=O)(=O)c1ccc(Br)cc1. The number of piperidine rings is 1. The minimum atomic E-state index is -3.55. The van der Waals surface area contributed by atoms with Gasteiger partial charge in [-0.25, -0.2) is 13.2 Å². The molecule has 0 atom stereocenters. The van der Waals surface area contributed by atoms with Crippen LogP contribution in [0.4, 0.5) is 10.5 Å². The molecule has 1 aliphatic heterocycles. The smallest absolute Gasteiger partial charge is 0.319 e. The first-order valence-corrected chi connectivity index (χ1v) is 14.9.